The number of benzene rings is 2. The van der Waals surface area contributed by atoms with E-state index in [4.69, 9.17) is 0 Å². The topological polar surface area (TPSA) is 116 Å². The van der Waals surface area contributed by atoms with Gasteiger partial charge in [0.15, 0.2) is 0 Å². The second-order valence-corrected chi connectivity index (χ2v) is 13.7. The van der Waals surface area contributed by atoms with Crippen LogP contribution in [0.4, 0.5) is 10.3 Å². The van der Waals surface area contributed by atoms with Crippen LogP contribution in [0.15, 0.2) is 60.3 Å². The summed E-state index contributed by atoms with van der Waals surface area (Å²) in [6, 6.07) is 13.9. The fourth-order valence-electron chi connectivity index (χ4n) is 9.57. The molecule has 7 atom stereocenters. The van der Waals surface area contributed by atoms with E-state index in [0.29, 0.717) is 18.8 Å². The Morgan fingerprint density at radius 2 is 1.93 bits per heavy atom. The van der Waals surface area contributed by atoms with Gasteiger partial charge in [0.25, 0.3) is 5.91 Å². The molecule has 5 unspecified atom stereocenters. The predicted octanol–water partition coefficient (Wildman–Crippen LogP) is 5.41. The summed E-state index contributed by atoms with van der Waals surface area (Å²) in [5.74, 6) is -0.126. The molecule has 8 rings (SSSR count). The van der Waals surface area contributed by atoms with Crippen molar-refractivity contribution in [2.24, 2.45) is 28.6 Å². The minimum atomic E-state index is -1.62. The van der Waals surface area contributed by atoms with Crippen molar-refractivity contribution in [3.63, 3.8) is 0 Å². The van der Waals surface area contributed by atoms with Gasteiger partial charge in [-0.25, -0.2) is 14.1 Å². The first kappa shape index (κ1) is 26.8. The zero-order chi connectivity index (χ0) is 29.7. The molecular weight excluding hydrogens is 545 g/mol. The van der Waals surface area contributed by atoms with Crippen LogP contribution in [0, 0.1) is 34.4 Å². The minimum absolute atomic E-state index is 0.00804. The molecule has 0 bridgehead atoms. The molecule has 0 spiro atoms. The van der Waals surface area contributed by atoms with Crippen molar-refractivity contribution >= 4 is 29.0 Å². The lowest BCUT2D eigenvalue weighted by Crippen LogP contribution is -2.62. The Morgan fingerprint density at radius 3 is 2.72 bits per heavy atom. The number of aliphatic hydroxyl groups is 2. The molecule has 4 aromatic rings. The van der Waals surface area contributed by atoms with Crippen LogP contribution >= 0.6 is 0 Å². The Hall–Kier alpha value is -3.82. The second-order valence-electron chi connectivity index (χ2n) is 13.7. The highest BCUT2D eigenvalue weighted by Crippen LogP contribution is 2.67. The van der Waals surface area contributed by atoms with Crippen LogP contribution in [0.25, 0.3) is 22.8 Å². The van der Waals surface area contributed by atoms with Crippen LogP contribution in [0.1, 0.15) is 57.2 Å². The number of nitrogens with one attached hydrogen (secondary N) is 2. The van der Waals surface area contributed by atoms with Crippen molar-refractivity contribution in [3.05, 3.63) is 77.4 Å². The number of amides is 1. The number of aromatic amines is 1. The van der Waals surface area contributed by atoms with Crippen LogP contribution in [0.3, 0.4) is 0 Å². The molecule has 1 amide bonds. The minimum Gasteiger partial charge on any atom is -0.393 e. The number of imidazole rings is 1. The Morgan fingerprint density at radius 1 is 1.14 bits per heavy atom. The SMILES string of the molecule is CC12Cc3cnn(-c4ccc(F)cc4)c3C=C1CCC1C2[C@@H](O)CC2(C)C1CC[C@]2(O)C(=O)Nc1nc2ccccc2[nH]1. The van der Waals surface area contributed by atoms with Crippen molar-refractivity contribution in [2.75, 3.05) is 5.32 Å². The largest absolute Gasteiger partial charge is 0.393 e. The monoisotopic (exact) mass is 581 g/mol. The number of anilines is 1. The zero-order valence-corrected chi connectivity index (χ0v) is 24.3. The van der Waals surface area contributed by atoms with E-state index in [1.807, 2.05) is 42.1 Å². The van der Waals surface area contributed by atoms with E-state index >= 15 is 0 Å². The van der Waals surface area contributed by atoms with Gasteiger partial charge in [-0.2, -0.15) is 5.10 Å². The van der Waals surface area contributed by atoms with Gasteiger partial charge in [-0.05, 0) is 110 Å². The highest BCUT2D eigenvalue weighted by atomic mass is 19.1. The number of nitrogens with zero attached hydrogens (tertiary/aromatic N) is 3. The number of carbonyl (C=O) groups excluding carboxylic acids is 1. The second kappa shape index (κ2) is 9.09. The van der Waals surface area contributed by atoms with Crippen molar-refractivity contribution < 1.29 is 19.4 Å². The molecule has 4 aliphatic carbocycles. The number of hydrogen-bond donors (Lipinski definition) is 4. The van der Waals surface area contributed by atoms with Crippen molar-refractivity contribution in [1.29, 1.82) is 0 Å². The molecule has 8 nitrogen and oxygen atoms in total. The maximum atomic E-state index is 13.8. The molecule has 2 heterocycles. The van der Waals surface area contributed by atoms with E-state index in [2.05, 4.69) is 33.4 Å². The van der Waals surface area contributed by atoms with Gasteiger partial charge in [0.2, 0.25) is 5.95 Å². The Kier molecular flexibility index (Phi) is 5.66. The van der Waals surface area contributed by atoms with Crippen LogP contribution in [0.2, 0.25) is 0 Å². The lowest BCUT2D eigenvalue weighted by molar-refractivity contribution is -0.177. The van der Waals surface area contributed by atoms with Gasteiger partial charge in [0, 0.05) is 5.41 Å². The number of allylic oxidation sites excluding steroid dienone is 1. The average molecular weight is 582 g/mol. The third-order valence-corrected chi connectivity index (χ3v) is 11.6. The van der Waals surface area contributed by atoms with Gasteiger partial charge in [-0.3, -0.25) is 10.1 Å². The van der Waals surface area contributed by atoms with E-state index in [0.717, 1.165) is 53.7 Å². The lowest BCUT2D eigenvalue weighted by atomic mass is 9.45. The number of halogens is 1. The standard InChI is InChI=1S/C34H36FN5O3/c1-32-16-19-18-36-40(22-10-8-21(35)9-11-22)27(19)15-20(32)7-12-23-24-13-14-34(43,33(24,2)17-28(41)29(23)32)30(42)39-31-37-25-5-3-4-6-26(25)38-31/h3-6,8-11,15,18,23-24,28-29,41,43H,7,12-14,16-17H2,1-2H3,(H2,37,38,39,42)/t23?,24?,28-,29?,32?,33?,34-/m0/s1. The molecule has 0 aliphatic heterocycles. The van der Waals surface area contributed by atoms with E-state index < -0.39 is 23.0 Å². The van der Waals surface area contributed by atoms with Gasteiger partial charge >= 0.3 is 0 Å². The number of rotatable bonds is 3. The normalized spacial score (nSPS) is 34.6. The molecule has 43 heavy (non-hydrogen) atoms. The number of fused-ring (bicyclic) bond motifs is 7. The summed E-state index contributed by atoms with van der Waals surface area (Å²) in [5.41, 5.74) is 3.17. The van der Waals surface area contributed by atoms with E-state index in [1.54, 1.807) is 12.1 Å². The quantitative estimate of drug-likeness (QED) is 0.258. The van der Waals surface area contributed by atoms with Gasteiger partial charge < -0.3 is 15.2 Å². The lowest BCUT2D eigenvalue weighted by Gasteiger charge is -2.60. The summed E-state index contributed by atoms with van der Waals surface area (Å²) in [5, 5.41) is 31.6. The van der Waals surface area contributed by atoms with Gasteiger partial charge in [0.1, 0.15) is 11.4 Å². The van der Waals surface area contributed by atoms with Crippen molar-refractivity contribution in [1.82, 2.24) is 19.7 Å². The number of H-pyrrole nitrogens is 1. The van der Waals surface area contributed by atoms with Gasteiger partial charge in [-0.1, -0.05) is 31.6 Å². The fourth-order valence-corrected chi connectivity index (χ4v) is 9.57. The van der Waals surface area contributed by atoms with E-state index in [-0.39, 0.29) is 29.0 Å². The molecule has 3 fully saturated rings. The van der Waals surface area contributed by atoms with Crippen LogP contribution in [-0.4, -0.2) is 47.6 Å². The maximum absolute atomic E-state index is 13.8. The molecule has 9 heteroatoms. The molecule has 3 saturated carbocycles. The number of carbonyl (C=O) groups is 1. The zero-order valence-electron chi connectivity index (χ0n) is 24.3. The molecule has 0 radical (unpaired) electrons. The third kappa shape index (κ3) is 3.70. The maximum Gasteiger partial charge on any atom is 0.259 e. The number of aliphatic hydroxyl groups excluding tert-OH is 1. The number of para-hydroxylation sites is 2. The number of hydrogen-bond acceptors (Lipinski definition) is 5. The first-order valence-corrected chi connectivity index (χ1v) is 15.3. The summed E-state index contributed by atoms with van der Waals surface area (Å²) in [4.78, 5) is 21.4. The smallest absolute Gasteiger partial charge is 0.259 e. The summed E-state index contributed by atoms with van der Waals surface area (Å²) >= 11 is 0. The Bertz CT molecular complexity index is 1760. The van der Waals surface area contributed by atoms with E-state index in [1.165, 1.54) is 17.7 Å². The molecule has 4 N–H and O–H groups in total. The number of aromatic nitrogens is 4. The third-order valence-electron chi connectivity index (χ3n) is 11.6. The molecule has 2 aromatic carbocycles. The van der Waals surface area contributed by atoms with Crippen molar-refractivity contribution in [3.8, 4) is 5.69 Å². The molecular formula is C34H36FN5O3. The molecule has 222 valence electrons. The van der Waals surface area contributed by atoms with Crippen LogP contribution < -0.4 is 5.32 Å². The van der Waals surface area contributed by atoms with Crippen LogP contribution in [-0.2, 0) is 11.2 Å². The highest BCUT2D eigenvalue weighted by Gasteiger charge is 2.68. The Labute approximate surface area is 249 Å². The summed E-state index contributed by atoms with van der Waals surface area (Å²) in [6.45, 7) is 4.27. The molecule has 0 saturated heterocycles. The Balaban J connectivity index is 1.08. The summed E-state index contributed by atoms with van der Waals surface area (Å²) in [7, 11) is 0. The van der Waals surface area contributed by atoms with Crippen LogP contribution in [0.5, 0.6) is 0 Å². The van der Waals surface area contributed by atoms with E-state index in [9.17, 15) is 19.4 Å². The predicted molar refractivity (Wildman–Crippen MR) is 161 cm³/mol. The summed E-state index contributed by atoms with van der Waals surface area (Å²) in [6.07, 6.45) is 7.44. The molecule has 4 aliphatic rings. The van der Waals surface area contributed by atoms with Gasteiger partial charge in [-0.15, -0.1) is 0 Å². The first-order valence-electron chi connectivity index (χ1n) is 15.3. The molecule has 2 aromatic heterocycles. The summed E-state index contributed by atoms with van der Waals surface area (Å²) < 4.78 is 15.5. The average Bonchev–Trinajstić information content (AvgIpc) is 3.65. The first-order chi connectivity index (χ1) is 20.6. The van der Waals surface area contributed by atoms with Crippen molar-refractivity contribution in [2.45, 2.75) is 64.1 Å². The van der Waals surface area contributed by atoms with Gasteiger partial charge in [0.05, 0.1) is 34.7 Å². The highest BCUT2D eigenvalue weighted by molar-refractivity contribution is 5.98. The fraction of sp³-hybridized carbons (Fsp3) is 0.441.